The number of halogens is 2. The van der Waals surface area contributed by atoms with Crippen molar-refractivity contribution in [3.05, 3.63) is 58.4 Å². The Labute approximate surface area is 161 Å². The third-order valence-electron chi connectivity index (χ3n) is 5.28. The van der Waals surface area contributed by atoms with Crippen LogP contribution in [0.25, 0.3) is 0 Å². The number of hydrogen-bond acceptors (Lipinski definition) is 4. The number of carbonyl (C=O) groups is 1. The van der Waals surface area contributed by atoms with Crippen molar-refractivity contribution in [2.45, 2.75) is 25.0 Å². The van der Waals surface area contributed by atoms with E-state index in [-0.39, 0.29) is 17.2 Å². The summed E-state index contributed by atoms with van der Waals surface area (Å²) in [5.74, 6) is -0.177. The van der Waals surface area contributed by atoms with Gasteiger partial charge >= 0.3 is 0 Å². The molecule has 1 fully saturated rings. The summed E-state index contributed by atoms with van der Waals surface area (Å²) in [5.41, 5.74) is 0.708. The number of piperidine rings is 1. The highest BCUT2D eigenvalue weighted by Gasteiger charge is 2.40. The number of fused-ring (bicyclic) bond motifs is 1. The fraction of sp³-hybridized carbons (Fsp3) is 0.350. The molecule has 0 atom stereocenters. The van der Waals surface area contributed by atoms with Crippen molar-refractivity contribution >= 4 is 17.5 Å². The number of phenols is 1. The van der Waals surface area contributed by atoms with E-state index < -0.39 is 11.4 Å². The van der Waals surface area contributed by atoms with Crippen LogP contribution < -0.4 is 10.1 Å². The van der Waals surface area contributed by atoms with E-state index in [0.717, 1.165) is 31.5 Å². The molecule has 0 bridgehead atoms. The standard InChI is InChI=1S/C20H20ClFN2O3/c21-17-10-15(25)3-1-13(17)11-24-7-5-20(6-8-24)12-23-19(26)16-9-14(22)2-4-18(16)27-20/h1-4,9-10,25H,5-8,11-12H2,(H,23,26). The summed E-state index contributed by atoms with van der Waals surface area (Å²) >= 11 is 6.21. The lowest BCUT2D eigenvalue weighted by Gasteiger charge is -2.41. The number of carbonyl (C=O) groups excluding carboxylic acids is 1. The number of nitrogens with zero attached hydrogens (tertiary/aromatic N) is 1. The topological polar surface area (TPSA) is 61.8 Å². The molecule has 1 spiro atoms. The van der Waals surface area contributed by atoms with Gasteiger partial charge in [-0.15, -0.1) is 0 Å². The largest absolute Gasteiger partial charge is 0.508 e. The van der Waals surface area contributed by atoms with E-state index in [1.807, 2.05) is 6.07 Å². The van der Waals surface area contributed by atoms with Gasteiger partial charge in [-0.05, 0) is 35.9 Å². The van der Waals surface area contributed by atoms with E-state index in [4.69, 9.17) is 16.3 Å². The number of hydrogen-bond donors (Lipinski definition) is 2. The number of nitrogens with one attached hydrogen (secondary N) is 1. The van der Waals surface area contributed by atoms with Gasteiger partial charge in [0.15, 0.2) is 0 Å². The minimum Gasteiger partial charge on any atom is -0.508 e. The molecule has 0 saturated carbocycles. The summed E-state index contributed by atoms with van der Waals surface area (Å²) in [6.07, 6.45) is 1.47. The zero-order valence-electron chi connectivity index (χ0n) is 14.7. The van der Waals surface area contributed by atoms with E-state index >= 15 is 0 Å². The van der Waals surface area contributed by atoms with Gasteiger partial charge in [0.25, 0.3) is 5.91 Å². The van der Waals surface area contributed by atoms with Crippen LogP contribution >= 0.6 is 11.6 Å². The number of benzene rings is 2. The first-order valence-electron chi connectivity index (χ1n) is 8.91. The van der Waals surface area contributed by atoms with Gasteiger partial charge in [0.2, 0.25) is 0 Å². The van der Waals surface area contributed by atoms with Gasteiger partial charge in [-0.25, -0.2) is 4.39 Å². The van der Waals surface area contributed by atoms with Gasteiger partial charge in [-0.1, -0.05) is 17.7 Å². The quantitative estimate of drug-likeness (QED) is 0.825. The van der Waals surface area contributed by atoms with Gasteiger partial charge in [0, 0.05) is 37.5 Å². The van der Waals surface area contributed by atoms with Crippen LogP contribution in [0.5, 0.6) is 11.5 Å². The third kappa shape index (κ3) is 3.73. The molecule has 2 aliphatic rings. The molecule has 2 aromatic carbocycles. The smallest absolute Gasteiger partial charge is 0.255 e. The van der Waals surface area contributed by atoms with Gasteiger partial charge in [0.1, 0.15) is 22.9 Å². The molecule has 2 aliphatic heterocycles. The number of ether oxygens (including phenoxy) is 1. The molecule has 0 aromatic heterocycles. The second-order valence-electron chi connectivity index (χ2n) is 7.16. The van der Waals surface area contributed by atoms with Crippen LogP contribution in [0.4, 0.5) is 4.39 Å². The van der Waals surface area contributed by atoms with Crippen LogP contribution in [0.3, 0.4) is 0 Å². The third-order valence-corrected chi connectivity index (χ3v) is 5.63. The first kappa shape index (κ1) is 18.1. The molecule has 7 heteroatoms. The van der Waals surface area contributed by atoms with Crippen molar-refractivity contribution < 1.29 is 19.0 Å². The second kappa shape index (κ2) is 7.02. The first-order chi connectivity index (χ1) is 12.9. The molecule has 0 radical (unpaired) electrons. The van der Waals surface area contributed by atoms with Crippen molar-refractivity contribution in [2.24, 2.45) is 0 Å². The maximum atomic E-state index is 13.5. The summed E-state index contributed by atoms with van der Waals surface area (Å²) in [5, 5.41) is 12.9. The highest BCUT2D eigenvalue weighted by molar-refractivity contribution is 6.31. The van der Waals surface area contributed by atoms with Crippen molar-refractivity contribution in [1.29, 1.82) is 0 Å². The Balaban J connectivity index is 1.46. The van der Waals surface area contributed by atoms with Crippen LogP contribution in [-0.4, -0.2) is 41.1 Å². The molecular weight excluding hydrogens is 371 g/mol. The number of amides is 1. The average Bonchev–Trinajstić information content (AvgIpc) is 2.77. The Morgan fingerprint density at radius 3 is 2.74 bits per heavy atom. The van der Waals surface area contributed by atoms with E-state index in [9.17, 15) is 14.3 Å². The minimum atomic E-state index is -0.492. The minimum absolute atomic E-state index is 0.152. The molecule has 2 N–H and O–H groups in total. The van der Waals surface area contributed by atoms with Crippen molar-refractivity contribution in [3.8, 4) is 11.5 Å². The molecule has 1 saturated heterocycles. The lowest BCUT2D eigenvalue weighted by molar-refractivity contribution is 0.00392. The van der Waals surface area contributed by atoms with Crippen LogP contribution in [0.15, 0.2) is 36.4 Å². The Morgan fingerprint density at radius 1 is 1.22 bits per heavy atom. The predicted molar refractivity (Wildman–Crippen MR) is 99.7 cm³/mol. The molecule has 27 heavy (non-hydrogen) atoms. The molecule has 2 heterocycles. The lowest BCUT2D eigenvalue weighted by Crippen LogP contribution is -2.53. The molecule has 2 aromatic rings. The Bertz CT molecular complexity index is 882. The summed E-state index contributed by atoms with van der Waals surface area (Å²) in [4.78, 5) is 14.5. The Kier molecular flexibility index (Phi) is 4.70. The van der Waals surface area contributed by atoms with Crippen LogP contribution in [0, 0.1) is 5.82 Å². The van der Waals surface area contributed by atoms with Crippen molar-refractivity contribution in [2.75, 3.05) is 19.6 Å². The first-order valence-corrected chi connectivity index (χ1v) is 9.28. The van der Waals surface area contributed by atoms with E-state index in [1.165, 1.54) is 18.2 Å². The second-order valence-corrected chi connectivity index (χ2v) is 7.57. The molecule has 0 unspecified atom stereocenters. The zero-order valence-corrected chi connectivity index (χ0v) is 15.4. The van der Waals surface area contributed by atoms with Gasteiger partial charge in [0.05, 0.1) is 12.1 Å². The van der Waals surface area contributed by atoms with Gasteiger partial charge in [-0.3, -0.25) is 9.69 Å². The van der Waals surface area contributed by atoms with Gasteiger partial charge in [-0.2, -0.15) is 0 Å². The normalized spacial score (nSPS) is 19.1. The highest BCUT2D eigenvalue weighted by atomic mass is 35.5. The van der Waals surface area contributed by atoms with Crippen LogP contribution in [0.1, 0.15) is 28.8 Å². The number of rotatable bonds is 2. The molecule has 5 nitrogen and oxygen atoms in total. The maximum absolute atomic E-state index is 13.5. The summed E-state index contributed by atoms with van der Waals surface area (Å²) in [6.45, 7) is 2.65. The van der Waals surface area contributed by atoms with Crippen molar-refractivity contribution in [1.82, 2.24) is 10.2 Å². The molecule has 4 rings (SSSR count). The fourth-order valence-electron chi connectivity index (χ4n) is 3.68. The summed E-state index contributed by atoms with van der Waals surface area (Å²) in [6, 6.07) is 9.06. The Morgan fingerprint density at radius 2 is 2.00 bits per heavy atom. The van der Waals surface area contributed by atoms with Crippen molar-refractivity contribution in [3.63, 3.8) is 0 Å². The molecule has 142 valence electrons. The number of aromatic hydroxyl groups is 1. The predicted octanol–water partition coefficient (Wildman–Crippen LogP) is 3.34. The fourth-order valence-corrected chi connectivity index (χ4v) is 3.91. The Hall–Kier alpha value is -2.31. The number of phenolic OH excluding ortho intramolecular Hbond substituents is 1. The number of likely N-dealkylation sites (tertiary alicyclic amines) is 1. The van der Waals surface area contributed by atoms with Crippen LogP contribution in [0.2, 0.25) is 5.02 Å². The van der Waals surface area contributed by atoms with Crippen LogP contribution in [-0.2, 0) is 6.54 Å². The summed E-state index contributed by atoms with van der Waals surface area (Å²) < 4.78 is 19.7. The maximum Gasteiger partial charge on any atom is 0.255 e. The monoisotopic (exact) mass is 390 g/mol. The average molecular weight is 391 g/mol. The summed E-state index contributed by atoms with van der Waals surface area (Å²) in [7, 11) is 0. The van der Waals surface area contributed by atoms with E-state index in [1.54, 1.807) is 12.1 Å². The van der Waals surface area contributed by atoms with E-state index in [0.29, 0.717) is 23.9 Å². The van der Waals surface area contributed by atoms with Gasteiger partial charge < -0.3 is 15.2 Å². The highest BCUT2D eigenvalue weighted by Crippen LogP contribution is 2.34. The lowest BCUT2D eigenvalue weighted by atomic mass is 9.90. The molecule has 1 amide bonds. The SMILES string of the molecule is O=C1NCC2(CCN(Cc3ccc(O)cc3Cl)CC2)Oc2ccc(F)cc21. The van der Waals surface area contributed by atoms with E-state index in [2.05, 4.69) is 10.2 Å². The molecular formula is C20H20ClFN2O3. The zero-order chi connectivity index (χ0) is 19.0. The molecule has 0 aliphatic carbocycles.